The second-order valence-electron chi connectivity index (χ2n) is 7.39. The fourth-order valence-electron chi connectivity index (χ4n) is 3.87. The Hall–Kier alpha value is -2.04. The third-order valence-corrected chi connectivity index (χ3v) is 5.41. The number of ether oxygens (including phenoxy) is 1. The molecular weight excluding hydrogens is 318 g/mol. The van der Waals surface area contributed by atoms with Crippen LogP contribution in [0.4, 0.5) is 0 Å². The van der Waals surface area contributed by atoms with E-state index >= 15 is 0 Å². The minimum Gasteiger partial charge on any atom is -0.490 e. The first-order valence-electron chi connectivity index (χ1n) is 9.29. The normalized spacial score (nSPS) is 23.8. The van der Waals surface area contributed by atoms with Gasteiger partial charge in [-0.3, -0.25) is 9.59 Å². The molecule has 136 valence electrons. The summed E-state index contributed by atoms with van der Waals surface area (Å²) in [7, 11) is 0. The van der Waals surface area contributed by atoms with Gasteiger partial charge in [0.1, 0.15) is 5.75 Å². The van der Waals surface area contributed by atoms with Crippen molar-refractivity contribution in [2.45, 2.75) is 51.6 Å². The summed E-state index contributed by atoms with van der Waals surface area (Å²) in [6, 6.07) is 7.99. The smallest absolute Gasteiger partial charge is 0.308 e. The fourth-order valence-corrected chi connectivity index (χ4v) is 3.87. The number of hydrogen-bond donors (Lipinski definition) is 1. The molecule has 3 rings (SSSR count). The SMILES string of the molecule is C[C@@H]1CN(C(=O)CCc2cccc(OC3CCCC3)c2)C[C@H]1C(=O)O. The molecule has 0 bridgehead atoms. The number of carbonyl (C=O) groups is 2. The lowest BCUT2D eigenvalue weighted by molar-refractivity contribution is -0.142. The Labute approximate surface area is 149 Å². The van der Waals surface area contributed by atoms with E-state index in [-0.39, 0.29) is 11.8 Å². The molecule has 1 amide bonds. The van der Waals surface area contributed by atoms with E-state index in [1.54, 1.807) is 4.90 Å². The van der Waals surface area contributed by atoms with Gasteiger partial charge in [0.05, 0.1) is 12.0 Å². The van der Waals surface area contributed by atoms with Crippen molar-refractivity contribution in [1.29, 1.82) is 0 Å². The third-order valence-electron chi connectivity index (χ3n) is 5.41. The molecule has 1 aliphatic heterocycles. The first-order chi connectivity index (χ1) is 12.0. The number of hydrogen-bond acceptors (Lipinski definition) is 3. The second kappa shape index (κ2) is 7.89. The van der Waals surface area contributed by atoms with Crippen LogP contribution in [0.2, 0.25) is 0 Å². The molecule has 5 heteroatoms. The van der Waals surface area contributed by atoms with E-state index in [1.807, 2.05) is 31.2 Å². The molecular formula is C20H27NO4. The zero-order chi connectivity index (χ0) is 17.8. The standard InChI is InChI=1S/C20H27NO4/c1-14-12-21(13-18(14)20(23)24)19(22)10-9-15-5-4-8-17(11-15)25-16-6-2-3-7-16/h4-5,8,11,14,16,18H,2-3,6-7,9-10,12-13H2,1H3,(H,23,24)/t14-,18-/m1/s1. The van der Waals surface area contributed by atoms with Gasteiger partial charge < -0.3 is 14.7 Å². The molecule has 2 fully saturated rings. The van der Waals surface area contributed by atoms with Crippen LogP contribution in [-0.2, 0) is 16.0 Å². The largest absolute Gasteiger partial charge is 0.490 e. The molecule has 2 aliphatic rings. The summed E-state index contributed by atoms with van der Waals surface area (Å²) >= 11 is 0. The summed E-state index contributed by atoms with van der Waals surface area (Å²) in [6.45, 7) is 2.77. The Morgan fingerprint density at radius 3 is 2.68 bits per heavy atom. The number of carbonyl (C=O) groups excluding carboxylic acids is 1. The summed E-state index contributed by atoms with van der Waals surface area (Å²) in [4.78, 5) is 25.3. The Morgan fingerprint density at radius 1 is 1.24 bits per heavy atom. The average Bonchev–Trinajstić information content (AvgIpc) is 3.22. The van der Waals surface area contributed by atoms with Gasteiger partial charge in [-0.05, 0) is 55.7 Å². The average molecular weight is 345 g/mol. The fraction of sp³-hybridized carbons (Fsp3) is 0.600. The lowest BCUT2D eigenvalue weighted by Crippen LogP contribution is -2.30. The van der Waals surface area contributed by atoms with Gasteiger partial charge in [-0.1, -0.05) is 19.1 Å². The number of aryl methyl sites for hydroxylation is 1. The Bertz CT molecular complexity index is 624. The van der Waals surface area contributed by atoms with Crippen molar-refractivity contribution in [1.82, 2.24) is 4.90 Å². The minimum atomic E-state index is -0.806. The summed E-state index contributed by atoms with van der Waals surface area (Å²) in [6.07, 6.45) is 6.13. The van der Waals surface area contributed by atoms with Crippen molar-refractivity contribution in [3.05, 3.63) is 29.8 Å². The van der Waals surface area contributed by atoms with Crippen molar-refractivity contribution in [3.63, 3.8) is 0 Å². The highest BCUT2D eigenvalue weighted by atomic mass is 16.5. The van der Waals surface area contributed by atoms with Crippen molar-refractivity contribution < 1.29 is 19.4 Å². The molecule has 25 heavy (non-hydrogen) atoms. The molecule has 1 aliphatic carbocycles. The number of likely N-dealkylation sites (tertiary alicyclic amines) is 1. The van der Waals surface area contributed by atoms with Crippen LogP contribution < -0.4 is 4.74 Å². The molecule has 1 N–H and O–H groups in total. The number of carboxylic acid groups (broad SMARTS) is 1. The topological polar surface area (TPSA) is 66.8 Å². The van der Waals surface area contributed by atoms with Gasteiger partial charge in [-0.25, -0.2) is 0 Å². The van der Waals surface area contributed by atoms with Crippen molar-refractivity contribution in [3.8, 4) is 5.75 Å². The molecule has 0 unspecified atom stereocenters. The molecule has 1 saturated carbocycles. The van der Waals surface area contributed by atoms with Gasteiger partial charge in [0.15, 0.2) is 0 Å². The van der Waals surface area contributed by atoms with Crippen molar-refractivity contribution in [2.75, 3.05) is 13.1 Å². The van der Waals surface area contributed by atoms with Gasteiger partial charge >= 0.3 is 5.97 Å². The quantitative estimate of drug-likeness (QED) is 0.860. The zero-order valence-electron chi connectivity index (χ0n) is 14.8. The summed E-state index contributed by atoms with van der Waals surface area (Å²) in [5.74, 6) is -0.299. The van der Waals surface area contributed by atoms with Crippen LogP contribution in [0.1, 0.15) is 44.6 Å². The Balaban J connectivity index is 1.51. The molecule has 1 saturated heterocycles. The molecule has 0 radical (unpaired) electrons. The number of rotatable bonds is 6. The number of carboxylic acids is 1. The molecule has 1 aromatic carbocycles. The molecule has 2 atom stereocenters. The maximum atomic E-state index is 12.4. The van der Waals surface area contributed by atoms with Crippen LogP contribution in [0.5, 0.6) is 5.75 Å². The molecule has 5 nitrogen and oxygen atoms in total. The number of nitrogens with zero attached hydrogens (tertiary/aromatic N) is 1. The van der Waals surface area contributed by atoms with Gasteiger partial charge in [0, 0.05) is 19.5 Å². The Morgan fingerprint density at radius 2 is 2.00 bits per heavy atom. The zero-order valence-corrected chi connectivity index (χ0v) is 14.8. The highest BCUT2D eigenvalue weighted by Crippen LogP contribution is 2.26. The minimum absolute atomic E-state index is 0.0181. The van der Waals surface area contributed by atoms with Crippen molar-refractivity contribution >= 4 is 11.9 Å². The van der Waals surface area contributed by atoms with E-state index in [0.717, 1.165) is 24.2 Å². The molecule has 1 aromatic rings. The van der Waals surface area contributed by atoms with E-state index in [0.29, 0.717) is 32.0 Å². The van der Waals surface area contributed by atoms with Crippen molar-refractivity contribution in [2.24, 2.45) is 11.8 Å². The molecule has 1 heterocycles. The van der Waals surface area contributed by atoms with Crippen LogP contribution in [0.25, 0.3) is 0 Å². The predicted octanol–water partition coefficient (Wildman–Crippen LogP) is 3.12. The van der Waals surface area contributed by atoms with Gasteiger partial charge in [0.25, 0.3) is 0 Å². The maximum absolute atomic E-state index is 12.4. The van der Waals surface area contributed by atoms with E-state index in [9.17, 15) is 14.7 Å². The number of amides is 1. The van der Waals surface area contributed by atoms with Crippen LogP contribution in [-0.4, -0.2) is 41.1 Å². The highest BCUT2D eigenvalue weighted by molar-refractivity contribution is 5.79. The first kappa shape index (κ1) is 17.8. The first-order valence-corrected chi connectivity index (χ1v) is 9.29. The summed E-state index contributed by atoms with van der Waals surface area (Å²) in [5, 5.41) is 9.19. The van der Waals surface area contributed by atoms with Crippen LogP contribution in [0, 0.1) is 11.8 Å². The second-order valence-corrected chi connectivity index (χ2v) is 7.39. The van der Waals surface area contributed by atoms with E-state index in [1.165, 1.54) is 12.8 Å². The maximum Gasteiger partial charge on any atom is 0.308 e. The Kier molecular flexibility index (Phi) is 5.61. The van der Waals surface area contributed by atoms with E-state index in [2.05, 4.69) is 0 Å². The monoisotopic (exact) mass is 345 g/mol. The van der Waals surface area contributed by atoms with Gasteiger partial charge in [-0.15, -0.1) is 0 Å². The van der Waals surface area contributed by atoms with Crippen LogP contribution in [0.15, 0.2) is 24.3 Å². The predicted molar refractivity (Wildman–Crippen MR) is 94.5 cm³/mol. The van der Waals surface area contributed by atoms with E-state index in [4.69, 9.17) is 4.74 Å². The number of benzene rings is 1. The van der Waals surface area contributed by atoms with Crippen LogP contribution in [0.3, 0.4) is 0 Å². The molecule has 0 aromatic heterocycles. The number of aliphatic carboxylic acids is 1. The highest BCUT2D eigenvalue weighted by Gasteiger charge is 2.36. The summed E-state index contributed by atoms with van der Waals surface area (Å²) in [5.41, 5.74) is 1.09. The third kappa shape index (κ3) is 4.53. The van der Waals surface area contributed by atoms with Gasteiger partial charge in [-0.2, -0.15) is 0 Å². The van der Waals surface area contributed by atoms with Gasteiger partial charge in [0.2, 0.25) is 5.91 Å². The lowest BCUT2D eigenvalue weighted by atomic mass is 9.99. The summed E-state index contributed by atoms with van der Waals surface area (Å²) < 4.78 is 6.02. The van der Waals surface area contributed by atoms with Crippen LogP contribution >= 0.6 is 0 Å². The molecule has 0 spiro atoms. The van der Waals surface area contributed by atoms with E-state index < -0.39 is 11.9 Å². The lowest BCUT2D eigenvalue weighted by Gasteiger charge is -2.16.